The van der Waals surface area contributed by atoms with E-state index in [1.54, 1.807) is 0 Å². The van der Waals surface area contributed by atoms with Crippen molar-refractivity contribution in [3.05, 3.63) is 259 Å². The molecule has 0 atom stereocenters. The lowest BCUT2D eigenvalue weighted by Gasteiger charge is -2.23. The number of fused-ring (bicyclic) bond motifs is 12. The van der Waals surface area contributed by atoms with Crippen LogP contribution in [0.1, 0.15) is 0 Å². The highest BCUT2D eigenvalue weighted by molar-refractivity contribution is 9.10. The quantitative estimate of drug-likeness (QED) is 0.127. The molecule has 0 aliphatic heterocycles. The van der Waals surface area contributed by atoms with Gasteiger partial charge >= 0.3 is 0 Å². The summed E-state index contributed by atoms with van der Waals surface area (Å²) in [4.78, 5) is 10.4. The van der Waals surface area contributed by atoms with Crippen molar-refractivity contribution in [2.75, 3.05) is 0 Å². The number of hydrogen-bond acceptors (Lipinski definition) is 3. The minimum Gasteiger partial charge on any atom is -0.309 e. The SMILES string of the molecule is Brc1cc2c(-c3ccc4ccccc4c3)nc3ccccc3c2c2ccccc12.O=P(c1ccccc1)(c1ccccc1)c1cc2c(-c3ccc4ccccc4c3)nc3ccccc3c2c2ccccc12. The molecular formula is C66H42BrN2OP. The molecule has 0 N–H and O–H groups in total. The fourth-order valence-corrected chi connectivity index (χ4v) is 14.1. The lowest BCUT2D eigenvalue weighted by atomic mass is 9.94. The van der Waals surface area contributed by atoms with Crippen molar-refractivity contribution in [2.24, 2.45) is 0 Å². The molecule has 71 heavy (non-hydrogen) atoms. The molecule has 0 aliphatic rings. The predicted molar refractivity (Wildman–Crippen MR) is 306 cm³/mol. The highest BCUT2D eigenvalue weighted by Crippen LogP contribution is 2.48. The van der Waals surface area contributed by atoms with E-state index in [0.29, 0.717) is 0 Å². The van der Waals surface area contributed by atoms with Gasteiger partial charge in [0.05, 0.1) is 22.4 Å². The first-order chi connectivity index (χ1) is 35.0. The van der Waals surface area contributed by atoms with Gasteiger partial charge in [0.1, 0.15) is 0 Å². The minimum atomic E-state index is -3.27. The van der Waals surface area contributed by atoms with Gasteiger partial charge in [-0.05, 0) is 79.5 Å². The summed E-state index contributed by atoms with van der Waals surface area (Å²) in [6, 6.07) is 88.0. The van der Waals surface area contributed by atoms with E-state index in [1.165, 1.54) is 48.5 Å². The van der Waals surface area contributed by atoms with Crippen molar-refractivity contribution in [1.82, 2.24) is 9.97 Å². The number of pyridine rings is 2. The molecular weight excluding hydrogens is 948 g/mol. The number of hydrogen-bond donors (Lipinski definition) is 0. The Kier molecular flexibility index (Phi) is 10.6. The van der Waals surface area contributed by atoms with E-state index in [9.17, 15) is 0 Å². The predicted octanol–water partition coefficient (Wildman–Crippen LogP) is 17.1. The van der Waals surface area contributed by atoms with Crippen LogP contribution in [-0.2, 0) is 4.57 Å². The third kappa shape index (κ3) is 7.30. The van der Waals surface area contributed by atoms with Gasteiger partial charge in [-0.15, -0.1) is 0 Å². The van der Waals surface area contributed by atoms with E-state index in [-0.39, 0.29) is 0 Å². The molecule has 2 aromatic heterocycles. The average molecular weight is 990 g/mol. The Morgan fingerprint density at radius 1 is 0.310 bits per heavy atom. The Bertz CT molecular complexity index is 4420. The second-order valence-corrected chi connectivity index (χ2v) is 21.6. The Morgan fingerprint density at radius 2 is 0.690 bits per heavy atom. The molecule has 0 unspecified atom stereocenters. The molecule has 334 valence electrons. The maximum atomic E-state index is 15.7. The standard InChI is InChI=1S/C39H26NOP.C27H16BrN/c41-42(30-15-3-1-4-16-30,31-17-5-2-6-18-31)37-26-35-38(33-20-10-9-19-32(33)37)34-21-11-12-22-36(34)40-39(35)29-24-23-27-13-7-8-14-28(27)25-29;28-24-16-23-26(21-10-4-3-9-20(21)24)22-11-5-6-12-25(22)29-27(23)19-14-13-17-7-1-2-8-18(17)15-19/h1-26H;1-16H. The first-order valence-corrected chi connectivity index (χ1v) is 26.4. The zero-order valence-electron chi connectivity index (χ0n) is 38.4. The van der Waals surface area contributed by atoms with Gasteiger partial charge in [-0.3, -0.25) is 0 Å². The molecule has 0 saturated carbocycles. The first-order valence-electron chi connectivity index (χ1n) is 23.9. The lowest BCUT2D eigenvalue weighted by molar-refractivity contribution is 0.592. The Morgan fingerprint density at radius 3 is 1.20 bits per heavy atom. The number of rotatable bonds is 5. The second-order valence-electron chi connectivity index (χ2n) is 18.0. The van der Waals surface area contributed by atoms with E-state index in [0.717, 1.165) is 80.9 Å². The molecule has 0 amide bonds. The molecule has 0 saturated heterocycles. The minimum absolute atomic E-state index is 0.821. The number of nitrogens with zero attached hydrogens (tertiary/aromatic N) is 2. The number of para-hydroxylation sites is 2. The summed E-state index contributed by atoms with van der Waals surface area (Å²) in [5.41, 5.74) is 6.07. The molecule has 0 fully saturated rings. The van der Waals surface area contributed by atoms with Crippen LogP contribution in [-0.4, -0.2) is 9.97 Å². The zero-order valence-corrected chi connectivity index (χ0v) is 40.9. The van der Waals surface area contributed by atoms with Crippen molar-refractivity contribution in [3.8, 4) is 22.5 Å². The van der Waals surface area contributed by atoms with Crippen LogP contribution in [0.25, 0.3) is 109 Å². The van der Waals surface area contributed by atoms with Crippen LogP contribution in [0.3, 0.4) is 0 Å². The van der Waals surface area contributed by atoms with Crippen molar-refractivity contribution in [1.29, 1.82) is 0 Å². The van der Waals surface area contributed by atoms with Crippen LogP contribution in [0.4, 0.5) is 0 Å². The van der Waals surface area contributed by atoms with Gasteiger partial charge < -0.3 is 4.57 Å². The van der Waals surface area contributed by atoms with Gasteiger partial charge in [0.15, 0.2) is 7.14 Å². The summed E-state index contributed by atoms with van der Waals surface area (Å²) < 4.78 is 16.8. The van der Waals surface area contributed by atoms with Crippen LogP contribution in [0.15, 0.2) is 259 Å². The number of aromatic nitrogens is 2. The van der Waals surface area contributed by atoms with E-state index < -0.39 is 7.14 Å². The highest BCUT2D eigenvalue weighted by Gasteiger charge is 2.33. The molecule has 0 radical (unpaired) electrons. The van der Waals surface area contributed by atoms with Crippen LogP contribution in [0.2, 0.25) is 0 Å². The van der Waals surface area contributed by atoms with Crippen LogP contribution in [0.5, 0.6) is 0 Å². The summed E-state index contributed by atoms with van der Waals surface area (Å²) >= 11 is 3.80. The third-order valence-corrected chi connectivity index (χ3v) is 17.7. The molecule has 0 bridgehead atoms. The van der Waals surface area contributed by atoms with Crippen molar-refractivity contribution in [2.45, 2.75) is 0 Å². The van der Waals surface area contributed by atoms with Crippen LogP contribution in [0, 0.1) is 0 Å². The zero-order chi connectivity index (χ0) is 47.5. The van der Waals surface area contributed by atoms with E-state index in [2.05, 4.69) is 198 Å². The largest absolute Gasteiger partial charge is 0.309 e. The molecule has 3 nitrogen and oxygen atoms in total. The summed E-state index contributed by atoms with van der Waals surface area (Å²) in [7, 11) is -3.27. The highest BCUT2D eigenvalue weighted by atomic mass is 79.9. The first kappa shape index (κ1) is 42.8. The molecule has 2 heterocycles. The van der Waals surface area contributed by atoms with E-state index in [4.69, 9.17) is 9.97 Å². The van der Waals surface area contributed by atoms with E-state index in [1.807, 2.05) is 72.8 Å². The number of benzene rings is 12. The van der Waals surface area contributed by atoms with Gasteiger partial charge in [-0.2, -0.15) is 0 Å². The van der Waals surface area contributed by atoms with Crippen LogP contribution < -0.4 is 15.9 Å². The maximum absolute atomic E-state index is 15.7. The fourth-order valence-electron chi connectivity index (χ4n) is 10.6. The third-order valence-electron chi connectivity index (χ3n) is 14.0. The number of halogens is 1. The lowest BCUT2D eigenvalue weighted by Crippen LogP contribution is -2.25. The second kappa shape index (κ2) is 17.6. The molecule has 0 spiro atoms. The molecule has 14 rings (SSSR count). The summed E-state index contributed by atoms with van der Waals surface area (Å²) in [6.07, 6.45) is 0. The van der Waals surface area contributed by atoms with Gasteiger partial charge in [-0.1, -0.05) is 234 Å². The van der Waals surface area contributed by atoms with Gasteiger partial charge in [0.2, 0.25) is 0 Å². The smallest absolute Gasteiger partial charge is 0.171 e. The molecule has 12 aromatic carbocycles. The van der Waals surface area contributed by atoms with Crippen molar-refractivity contribution in [3.63, 3.8) is 0 Å². The molecule has 14 aromatic rings. The van der Waals surface area contributed by atoms with Crippen molar-refractivity contribution < 1.29 is 4.57 Å². The topological polar surface area (TPSA) is 42.9 Å². The van der Waals surface area contributed by atoms with Crippen molar-refractivity contribution >= 4 is 125 Å². The Labute approximate surface area is 419 Å². The van der Waals surface area contributed by atoms with Gasteiger partial charge in [0.25, 0.3) is 0 Å². The van der Waals surface area contributed by atoms with Gasteiger partial charge in [0, 0.05) is 63.8 Å². The monoisotopic (exact) mass is 988 g/mol. The summed E-state index contributed by atoms with van der Waals surface area (Å²) in [6.45, 7) is 0. The molecule has 5 heteroatoms. The van der Waals surface area contributed by atoms with E-state index >= 15 is 4.57 Å². The summed E-state index contributed by atoms with van der Waals surface area (Å²) in [5.74, 6) is 0. The van der Waals surface area contributed by atoms with Crippen LogP contribution >= 0.6 is 23.1 Å². The average Bonchev–Trinajstić information content (AvgIpc) is 3.44. The fraction of sp³-hybridized carbons (Fsp3) is 0. The molecule has 0 aliphatic carbocycles. The Balaban J connectivity index is 0.000000148. The Hall–Kier alpha value is -8.27. The van der Waals surface area contributed by atoms with Gasteiger partial charge in [-0.25, -0.2) is 9.97 Å². The summed E-state index contributed by atoms with van der Waals surface area (Å²) in [5, 5.41) is 18.7. The maximum Gasteiger partial charge on any atom is 0.171 e. The normalized spacial score (nSPS) is 11.8.